The molecule has 0 unspecified atom stereocenters. The van der Waals surface area contributed by atoms with Crippen LogP contribution in [0.25, 0.3) is 5.69 Å². The molecule has 0 radical (unpaired) electrons. The lowest BCUT2D eigenvalue weighted by Gasteiger charge is -2.14. The van der Waals surface area contributed by atoms with Crippen molar-refractivity contribution in [1.29, 1.82) is 0 Å². The Morgan fingerprint density at radius 2 is 1.67 bits per heavy atom. The van der Waals surface area contributed by atoms with Gasteiger partial charge in [-0.15, -0.1) is 0 Å². The fourth-order valence-electron chi connectivity index (χ4n) is 3.63. The second-order valence-electron chi connectivity index (χ2n) is 8.13. The number of para-hydroxylation sites is 1. The van der Waals surface area contributed by atoms with Crippen LogP contribution < -0.4 is 21.5 Å². The highest BCUT2D eigenvalue weighted by atomic mass is 16.3. The fourth-order valence-corrected chi connectivity index (χ4v) is 3.63. The van der Waals surface area contributed by atoms with Crippen LogP contribution in [0, 0.1) is 6.92 Å². The average Bonchev–Trinajstić information content (AvgIpc) is 3.48. The van der Waals surface area contributed by atoms with Gasteiger partial charge >= 0.3 is 0 Å². The number of anilines is 2. The molecule has 4 rings (SSSR count). The summed E-state index contributed by atoms with van der Waals surface area (Å²) in [5.41, 5.74) is 1.66. The second kappa shape index (κ2) is 10.2. The number of amides is 3. The molecule has 10 nitrogen and oxygen atoms in total. The molecule has 0 saturated heterocycles. The Hall–Kier alpha value is -4.86. The lowest BCUT2D eigenvalue weighted by molar-refractivity contribution is -0.117. The molecular formula is C26H25N5O5. The molecule has 4 aromatic rings. The van der Waals surface area contributed by atoms with E-state index in [9.17, 15) is 19.2 Å². The van der Waals surface area contributed by atoms with E-state index in [1.165, 1.54) is 30.0 Å². The predicted molar refractivity (Wildman–Crippen MR) is 134 cm³/mol. The minimum Gasteiger partial charge on any atom is -0.459 e. The Bertz CT molecular complexity index is 1470. The lowest BCUT2D eigenvalue weighted by atomic mass is 10.1. The molecule has 0 saturated carbocycles. The van der Waals surface area contributed by atoms with Crippen LogP contribution in [0.3, 0.4) is 0 Å². The molecule has 0 spiro atoms. The van der Waals surface area contributed by atoms with Gasteiger partial charge in [-0.05, 0) is 56.3 Å². The number of carbonyl (C=O) groups is 3. The zero-order valence-corrected chi connectivity index (χ0v) is 19.9. The molecule has 3 amide bonds. The van der Waals surface area contributed by atoms with Crippen molar-refractivity contribution in [3.63, 3.8) is 0 Å². The number of nitrogens with one attached hydrogen (secondary N) is 3. The first-order chi connectivity index (χ1) is 17.3. The molecule has 0 aliphatic rings. The maximum atomic E-state index is 13.1. The van der Waals surface area contributed by atoms with Crippen molar-refractivity contribution in [2.75, 3.05) is 10.6 Å². The van der Waals surface area contributed by atoms with Gasteiger partial charge in [0, 0.05) is 18.3 Å². The van der Waals surface area contributed by atoms with Gasteiger partial charge in [-0.1, -0.05) is 24.3 Å². The first-order valence-corrected chi connectivity index (χ1v) is 11.2. The Morgan fingerprint density at radius 1 is 0.917 bits per heavy atom. The van der Waals surface area contributed by atoms with Crippen molar-refractivity contribution in [2.24, 2.45) is 7.05 Å². The number of hydrogen-bond acceptors (Lipinski definition) is 5. The molecule has 36 heavy (non-hydrogen) atoms. The van der Waals surface area contributed by atoms with Crippen LogP contribution in [0.1, 0.15) is 33.5 Å². The molecule has 2 heterocycles. The Morgan fingerprint density at radius 3 is 2.36 bits per heavy atom. The van der Waals surface area contributed by atoms with Crippen LogP contribution in [0.2, 0.25) is 0 Å². The van der Waals surface area contributed by atoms with Gasteiger partial charge in [0.05, 0.1) is 17.6 Å². The quantitative estimate of drug-likeness (QED) is 0.369. The fraction of sp³-hybridized carbons (Fsp3) is 0.154. The Balaban J connectivity index is 1.47. The van der Waals surface area contributed by atoms with Crippen LogP contribution in [0.15, 0.2) is 82.2 Å². The molecule has 0 aliphatic carbocycles. The zero-order chi connectivity index (χ0) is 25.8. The van der Waals surface area contributed by atoms with E-state index in [-0.39, 0.29) is 22.6 Å². The standard InChI is InChI=1S/C26H25N5O5/c1-16(27-25(34)21-13-8-14-36-21)23(32)28-19-10-7-9-18(15-19)24(33)29-22-17(2)30(3)31(26(22)35)20-11-5-4-6-12-20/h4-16H,1-3H3,(H,27,34)(H,28,32)(H,29,33)/t16-/m0/s1. The molecule has 3 N–H and O–H groups in total. The van der Waals surface area contributed by atoms with Gasteiger partial charge in [0.25, 0.3) is 17.4 Å². The molecular weight excluding hydrogens is 462 g/mol. The van der Waals surface area contributed by atoms with Crippen molar-refractivity contribution in [3.8, 4) is 5.69 Å². The maximum Gasteiger partial charge on any atom is 0.295 e. The predicted octanol–water partition coefficient (Wildman–Crippen LogP) is 3.09. The third-order valence-corrected chi connectivity index (χ3v) is 5.67. The SMILES string of the molecule is Cc1c(NC(=O)c2cccc(NC(=O)[C@H](C)NC(=O)c3ccco3)c2)c(=O)n(-c2ccccc2)n1C. The van der Waals surface area contributed by atoms with E-state index in [2.05, 4.69) is 16.0 Å². The van der Waals surface area contributed by atoms with Crippen LogP contribution in [-0.2, 0) is 11.8 Å². The van der Waals surface area contributed by atoms with Crippen molar-refractivity contribution in [1.82, 2.24) is 14.7 Å². The van der Waals surface area contributed by atoms with Crippen molar-refractivity contribution >= 4 is 29.1 Å². The van der Waals surface area contributed by atoms with Crippen LogP contribution in [-0.4, -0.2) is 33.1 Å². The van der Waals surface area contributed by atoms with Crippen LogP contribution in [0.4, 0.5) is 11.4 Å². The highest BCUT2D eigenvalue weighted by Gasteiger charge is 2.20. The van der Waals surface area contributed by atoms with E-state index in [4.69, 9.17) is 4.42 Å². The van der Waals surface area contributed by atoms with E-state index in [1.807, 2.05) is 18.2 Å². The number of aromatic nitrogens is 2. The summed E-state index contributed by atoms with van der Waals surface area (Å²) < 4.78 is 8.16. The largest absolute Gasteiger partial charge is 0.459 e. The van der Waals surface area contributed by atoms with Crippen LogP contribution in [0.5, 0.6) is 0 Å². The third-order valence-electron chi connectivity index (χ3n) is 5.67. The topological polar surface area (TPSA) is 127 Å². The highest BCUT2D eigenvalue weighted by molar-refractivity contribution is 6.06. The number of hydrogen-bond donors (Lipinski definition) is 3. The summed E-state index contributed by atoms with van der Waals surface area (Å²) >= 11 is 0. The molecule has 1 atom stereocenters. The summed E-state index contributed by atoms with van der Waals surface area (Å²) in [6, 6.07) is 17.6. The number of furan rings is 1. The smallest absolute Gasteiger partial charge is 0.295 e. The molecule has 0 bridgehead atoms. The number of rotatable bonds is 7. The van der Waals surface area contributed by atoms with Gasteiger partial charge in [-0.2, -0.15) is 0 Å². The minimum absolute atomic E-state index is 0.0934. The molecule has 2 aromatic heterocycles. The molecule has 0 fully saturated rings. The Kier molecular flexibility index (Phi) is 6.86. The molecule has 184 valence electrons. The van der Waals surface area contributed by atoms with E-state index in [0.717, 1.165) is 0 Å². The Labute approximate surface area is 206 Å². The van der Waals surface area contributed by atoms with Gasteiger partial charge in [0.15, 0.2) is 5.76 Å². The number of nitrogens with zero attached hydrogens (tertiary/aromatic N) is 2. The van der Waals surface area contributed by atoms with E-state index in [1.54, 1.807) is 55.1 Å². The second-order valence-corrected chi connectivity index (χ2v) is 8.13. The van der Waals surface area contributed by atoms with Crippen molar-refractivity contribution in [2.45, 2.75) is 19.9 Å². The van der Waals surface area contributed by atoms with Crippen molar-refractivity contribution in [3.05, 3.63) is 100 Å². The van der Waals surface area contributed by atoms with E-state index < -0.39 is 23.8 Å². The highest BCUT2D eigenvalue weighted by Crippen LogP contribution is 2.17. The zero-order valence-electron chi connectivity index (χ0n) is 19.9. The minimum atomic E-state index is -0.858. The number of carbonyl (C=O) groups excluding carboxylic acids is 3. The third kappa shape index (κ3) is 4.97. The van der Waals surface area contributed by atoms with Gasteiger partial charge < -0.3 is 20.4 Å². The summed E-state index contributed by atoms with van der Waals surface area (Å²) in [6.45, 7) is 3.27. The summed E-state index contributed by atoms with van der Waals surface area (Å²) in [6.07, 6.45) is 1.37. The summed E-state index contributed by atoms with van der Waals surface area (Å²) in [7, 11) is 1.74. The van der Waals surface area contributed by atoms with Gasteiger partial charge in [-0.25, -0.2) is 4.68 Å². The van der Waals surface area contributed by atoms with Gasteiger partial charge in [0.1, 0.15) is 11.7 Å². The summed E-state index contributed by atoms with van der Waals surface area (Å²) in [4.78, 5) is 50.7. The van der Waals surface area contributed by atoms with Gasteiger partial charge in [0.2, 0.25) is 5.91 Å². The first-order valence-electron chi connectivity index (χ1n) is 11.2. The first kappa shape index (κ1) is 24.3. The average molecular weight is 488 g/mol. The number of benzene rings is 2. The monoisotopic (exact) mass is 487 g/mol. The van der Waals surface area contributed by atoms with Crippen LogP contribution >= 0.6 is 0 Å². The summed E-state index contributed by atoms with van der Waals surface area (Å²) in [5, 5.41) is 7.91. The van der Waals surface area contributed by atoms with E-state index in [0.29, 0.717) is 17.1 Å². The van der Waals surface area contributed by atoms with Gasteiger partial charge in [-0.3, -0.25) is 23.9 Å². The molecule has 10 heteroatoms. The summed E-state index contributed by atoms with van der Waals surface area (Å²) in [5.74, 6) is -1.40. The van der Waals surface area contributed by atoms with E-state index >= 15 is 0 Å². The van der Waals surface area contributed by atoms with Crippen molar-refractivity contribution < 1.29 is 18.8 Å². The normalized spacial score (nSPS) is 11.5. The molecule has 2 aromatic carbocycles. The maximum absolute atomic E-state index is 13.1. The lowest BCUT2D eigenvalue weighted by Crippen LogP contribution is -2.41. The molecule has 0 aliphatic heterocycles.